The number of aryl methyl sites for hydroxylation is 2. The van der Waals surface area contributed by atoms with Gasteiger partial charge in [0.05, 0.1) is 23.9 Å². The van der Waals surface area contributed by atoms with Crippen molar-refractivity contribution in [2.24, 2.45) is 0 Å². The number of quaternary nitrogens is 1. The third-order valence-electron chi connectivity index (χ3n) is 4.84. The van der Waals surface area contributed by atoms with Crippen LogP contribution in [0.15, 0.2) is 23.0 Å². The first-order valence-corrected chi connectivity index (χ1v) is 9.57. The van der Waals surface area contributed by atoms with Crippen molar-refractivity contribution in [3.8, 4) is 5.75 Å². The Morgan fingerprint density at radius 3 is 2.77 bits per heavy atom. The van der Waals surface area contributed by atoms with Crippen molar-refractivity contribution in [2.75, 3.05) is 19.4 Å². The van der Waals surface area contributed by atoms with Gasteiger partial charge in [0, 0.05) is 6.42 Å². The minimum absolute atomic E-state index is 0.165. The van der Waals surface area contributed by atoms with E-state index in [9.17, 15) is 4.79 Å². The predicted molar refractivity (Wildman–Crippen MR) is 103 cm³/mol. The normalized spacial score (nSPS) is 16.7. The van der Waals surface area contributed by atoms with E-state index in [2.05, 4.69) is 18.1 Å². The minimum Gasteiger partial charge on any atom is -0.486 e. The van der Waals surface area contributed by atoms with Gasteiger partial charge in [-0.2, -0.15) is 0 Å². The number of nitrogen functional groups attached to an aromatic ring is 1. The fraction of sp³-hybridized carbons (Fsp3) is 0.368. The second kappa shape index (κ2) is 6.41. The molecule has 0 fully saturated rings. The van der Waals surface area contributed by atoms with Gasteiger partial charge in [0.15, 0.2) is 5.82 Å². The Morgan fingerprint density at radius 2 is 2.04 bits per heavy atom. The van der Waals surface area contributed by atoms with E-state index in [1.54, 1.807) is 11.3 Å². The van der Waals surface area contributed by atoms with Gasteiger partial charge in [0.25, 0.3) is 5.56 Å². The van der Waals surface area contributed by atoms with E-state index in [1.165, 1.54) is 9.78 Å². The Morgan fingerprint density at radius 1 is 1.31 bits per heavy atom. The zero-order chi connectivity index (χ0) is 18.4. The lowest BCUT2D eigenvalue weighted by Gasteiger charge is -2.19. The molecule has 1 aromatic carbocycles. The largest absolute Gasteiger partial charge is 0.486 e. The molecule has 0 spiro atoms. The molecule has 7 heteroatoms. The molecular weight excluding hydrogens is 348 g/mol. The lowest BCUT2D eigenvalue weighted by molar-refractivity contribution is -0.895. The van der Waals surface area contributed by atoms with Crippen LogP contribution in [0, 0.1) is 13.8 Å². The van der Waals surface area contributed by atoms with Crippen LogP contribution < -0.4 is 21.0 Å². The predicted octanol–water partition coefficient (Wildman–Crippen LogP) is 0.938. The maximum Gasteiger partial charge on any atom is 0.281 e. The Kier molecular flexibility index (Phi) is 4.20. The van der Waals surface area contributed by atoms with Crippen molar-refractivity contribution < 1.29 is 9.64 Å². The maximum absolute atomic E-state index is 12.8. The molecule has 0 bridgehead atoms. The van der Waals surface area contributed by atoms with Gasteiger partial charge in [0.1, 0.15) is 23.7 Å². The third-order valence-corrected chi connectivity index (χ3v) is 5.97. The van der Waals surface area contributed by atoms with Crippen LogP contribution in [0.5, 0.6) is 5.75 Å². The summed E-state index contributed by atoms with van der Waals surface area (Å²) in [6, 6.07) is 6.02. The first-order valence-electron chi connectivity index (χ1n) is 8.76. The molecule has 1 aliphatic rings. The maximum atomic E-state index is 12.8. The molecule has 0 aliphatic carbocycles. The number of benzene rings is 1. The summed E-state index contributed by atoms with van der Waals surface area (Å²) in [7, 11) is 2.17. The van der Waals surface area contributed by atoms with E-state index in [0.29, 0.717) is 11.2 Å². The molecule has 3 heterocycles. The van der Waals surface area contributed by atoms with Gasteiger partial charge in [-0.3, -0.25) is 4.79 Å². The second-order valence-electron chi connectivity index (χ2n) is 7.13. The highest BCUT2D eigenvalue weighted by Gasteiger charge is 2.25. The molecule has 3 N–H and O–H groups in total. The monoisotopic (exact) mass is 371 g/mol. The van der Waals surface area contributed by atoms with Crippen LogP contribution in [0.1, 0.15) is 27.4 Å². The summed E-state index contributed by atoms with van der Waals surface area (Å²) >= 11 is 1.61. The van der Waals surface area contributed by atoms with E-state index in [4.69, 9.17) is 10.6 Å². The highest BCUT2D eigenvalue weighted by molar-refractivity contribution is 7.18. The molecule has 0 amide bonds. The van der Waals surface area contributed by atoms with Crippen molar-refractivity contribution in [1.29, 1.82) is 0 Å². The van der Waals surface area contributed by atoms with Crippen molar-refractivity contribution in [1.82, 2.24) is 9.66 Å². The molecule has 1 aliphatic heterocycles. The molecule has 4 rings (SSSR count). The molecule has 3 aromatic rings. The first-order chi connectivity index (χ1) is 12.4. The topological polar surface area (TPSA) is 74.6 Å². The Hall–Kier alpha value is -2.38. The van der Waals surface area contributed by atoms with Crippen molar-refractivity contribution in [2.45, 2.75) is 33.4 Å². The van der Waals surface area contributed by atoms with E-state index < -0.39 is 0 Å². The van der Waals surface area contributed by atoms with E-state index in [1.807, 2.05) is 26.0 Å². The van der Waals surface area contributed by atoms with Crippen LogP contribution in [0.25, 0.3) is 10.2 Å². The number of nitrogens with one attached hydrogen (secondary N) is 1. The number of rotatable bonds is 3. The highest BCUT2D eigenvalue weighted by Crippen LogP contribution is 2.29. The number of ether oxygens (including phenoxy) is 1. The number of hydrogen-bond donors (Lipinski definition) is 2. The zero-order valence-corrected chi connectivity index (χ0v) is 16.1. The van der Waals surface area contributed by atoms with Gasteiger partial charge in [-0.05, 0) is 42.7 Å². The van der Waals surface area contributed by atoms with E-state index in [-0.39, 0.29) is 12.2 Å². The smallest absolute Gasteiger partial charge is 0.281 e. The van der Waals surface area contributed by atoms with Crippen molar-refractivity contribution in [3.63, 3.8) is 0 Å². The molecule has 0 saturated heterocycles. The van der Waals surface area contributed by atoms with Gasteiger partial charge < -0.3 is 15.5 Å². The zero-order valence-electron chi connectivity index (χ0n) is 15.3. The summed E-state index contributed by atoms with van der Waals surface area (Å²) in [6.45, 7) is 6.18. The lowest BCUT2D eigenvalue weighted by Crippen LogP contribution is -3.08. The average molecular weight is 371 g/mol. The van der Waals surface area contributed by atoms with Gasteiger partial charge >= 0.3 is 0 Å². The molecule has 26 heavy (non-hydrogen) atoms. The Balaban J connectivity index is 1.70. The van der Waals surface area contributed by atoms with Crippen LogP contribution >= 0.6 is 11.3 Å². The van der Waals surface area contributed by atoms with Gasteiger partial charge in [-0.15, -0.1) is 11.3 Å². The number of nitrogens with two attached hydrogens (primary N) is 1. The Bertz CT molecular complexity index is 1030. The summed E-state index contributed by atoms with van der Waals surface area (Å²) < 4.78 is 7.00. The van der Waals surface area contributed by atoms with Gasteiger partial charge in [0.2, 0.25) is 0 Å². The average Bonchev–Trinajstić information content (AvgIpc) is 2.93. The van der Waals surface area contributed by atoms with Gasteiger partial charge in [-0.25, -0.2) is 9.66 Å². The fourth-order valence-electron chi connectivity index (χ4n) is 3.58. The second-order valence-corrected chi connectivity index (χ2v) is 8.22. The van der Waals surface area contributed by atoms with Crippen LogP contribution in [-0.4, -0.2) is 23.3 Å². The summed E-state index contributed by atoms with van der Waals surface area (Å²) in [5.41, 5.74) is 3.22. The molecule has 0 saturated carbocycles. The van der Waals surface area contributed by atoms with E-state index in [0.717, 1.165) is 51.5 Å². The molecule has 1 unspecified atom stereocenters. The fourth-order valence-corrected chi connectivity index (χ4v) is 4.92. The van der Waals surface area contributed by atoms with E-state index >= 15 is 0 Å². The molecule has 2 aromatic heterocycles. The third kappa shape index (κ3) is 2.97. The number of nitrogens with zero attached hydrogens (tertiary/aromatic N) is 2. The van der Waals surface area contributed by atoms with Crippen LogP contribution in [-0.2, 0) is 19.6 Å². The SMILES string of the molecule is Cc1cc(C)cc(OCc2nc3sc4c(c3c(=O)n2N)CC[NH+](C)C4)c1. The summed E-state index contributed by atoms with van der Waals surface area (Å²) in [6.07, 6.45) is 0.899. The number of fused-ring (bicyclic) bond motifs is 3. The molecule has 136 valence electrons. The lowest BCUT2D eigenvalue weighted by atomic mass is 10.1. The summed E-state index contributed by atoms with van der Waals surface area (Å²) in [5.74, 6) is 7.26. The molecule has 6 nitrogen and oxygen atoms in total. The first kappa shape index (κ1) is 17.1. The summed E-state index contributed by atoms with van der Waals surface area (Å²) in [4.78, 5) is 21.0. The van der Waals surface area contributed by atoms with Crippen LogP contribution in [0.3, 0.4) is 0 Å². The molecule has 0 radical (unpaired) electrons. The quantitative estimate of drug-likeness (QED) is 0.672. The number of aromatic nitrogens is 2. The number of thiophene rings is 1. The standard InChI is InChI=1S/C19H22N4O2S/c1-11-6-12(2)8-13(7-11)25-10-16-21-18-17(19(24)23(16)20)14-4-5-22(3)9-15(14)26-18/h6-8H,4-5,9-10,20H2,1-3H3/p+1. The highest BCUT2D eigenvalue weighted by atomic mass is 32.1. The van der Waals surface area contributed by atoms with Crippen molar-refractivity contribution in [3.05, 3.63) is 55.9 Å². The van der Waals surface area contributed by atoms with Crippen molar-refractivity contribution >= 4 is 21.6 Å². The van der Waals surface area contributed by atoms with Crippen LogP contribution in [0.2, 0.25) is 0 Å². The molecule has 1 atom stereocenters. The summed E-state index contributed by atoms with van der Waals surface area (Å²) in [5, 5.41) is 0.690. The number of likely N-dealkylation sites (N-methyl/N-ethyl adjacent to an activating group) is 1. The van der Waals surface area contributed by atoms with Gasteiger partial charge in [-0.1, -0.05) is 6.07 Å². The van der Waals surface area contributed by atoms with Crippen LogP contribution in [0.4, 0.5) is 0 Å². The Labute approximate surface area is 155 Å². The minimum atomic E-state index is -0.175. The number of hydrogen-bond acceptors (Lipinski definition) is 5. The molecular formula is C19H23N4O2S+.